The van der Waals surface area contributed by atoms with Gasteiger partial charge in [0.05, 0.1) is 19.9 Å². The summed E-state index contributed by atoms with van der Waals surface area (Å²) in [6.07, 6.45) is 0.981. The molecule has 28 heavy (non-hydrogen) atoms. The third-order valence-corrected chi connectivity index (χ3v) is 4.41. The Morgan fingerprint density at radius 3 is 2.21 bits per heavy atom. The maximum atomic E-state index is 5.35. The highest BCUT2D eigenvalue weighted by Crippen LogP contribution is 2.29. The van der Waals surface area contributed by atoms with Gasteiger partial charge in [-0.3, -0.25) is 0 Å². The van der Waals surface area contributed by atoms with Gasteiger partial charge in [0, 0.05) is 41.6 Å². The molecular weight excluding hydrogens is 352 g/mol. The molecular formula is C22H26N4O2. The maximum Gasteiger partial charge on any atom is 0.225 e. The fourth-order valence-electron chi connectivity index (χ4n) is 2.68. The smallest absolute Gasteiger partial charge is 0.225 e. The summed E-state index contributed by atoms with van der Waals surface area (Å²) in [5.74, 6) is 2.69. The molecule has 2 N–H and O–H groups in total. The van der Waals surface area contributed by atoms with Crippen LogP contribution in [0.15, 0.2) is 54.6 Å². The lowest BCUT2D eigenvalue weighted by Gasteiger charge is -2.15. The minimum Gasteiger partial charge on any atom is -0.497 e. The van der Waals surface area contributed by atoms with Gasteiger partial charge in [-0.2, -0.15) is 4.98 Å². The van der Waals surface area contributed by atoms with E-state index in [-0.39, 0.29) is 6.04 Å². The van der Waals surface area contributed by atoms with Crippen LogP contribution in [0.4, 0.5) is 17.5 Å². The molecule has 2 aromatic carbocycles. The second-order valence-corrected chi connectivity index (χ2v) is 6.51. The fraction of sp³-hybridized carbons (Fsp3) is 0.273. The van der Waals surface area contributed by atoms with Crippen molar-refractivity contribution in [2.45, 2.75) is 26.3 Å². The molecule has 0 aliphatic heterocycles. The standard InChI is InChI=1S/C22H26N4O2/c1-5-15(2)23-22-25-20(16-9-7-6-8-10-16)14-21(26-22)24-17-11-18(27-3)13-19(12-17)28-4/h6-15H,5H2,1-4H3,(H2,23,24,25,26)/t15-/m0/s1. The molecule has 1 atom stereocenters. The number of hydrogen-bond acceptors (Lipinski definition) is 6. The number of aromatic nitrogens is 2. The van der Waals surface area contributed by atoms with Gasteiger partial charge in [-0.15, -0.1) is 0 Å². The summed E-state index contributed by atoms with van der Waals surface area (Å²) in [7, 11) is 3.26. The highest BCUT2D eigenvalue weighted by Gasteiger charge is 2.10. The summed E-state index contributed by atoms with van der Waals surface area (Å²) in [5.41, 5.74) is 2.70. The van der Waals surface area contributed by atoms with Crippen LogP contribution in [0.3, 0.4) is 0 Å². The molecule has 6 nitrogen and oxygen atoms in total. The van der Waals surface area contributed by atoms with Gasteiger partial charge in [0.1, 0.15) is 17.3 Å². The summed E-state index contributed by atoms with van der Waals surface area (Å²) >= 11 is 0. The molecule has 3 aromatic rings. The van der Waals surface area contributed by atoms with Crippen LogP contribution in [-0.2, 0) is 0 Å². The number of hydrogen-bond donors (Lipinski definition) is 2. The molecule has 0 amide bonds. The number of nitrogens with one attached hydrogen (secondary N) is 2. The van der Waals surface area contributed by atoms with Crippen LogP contribution in [0.5, 0.6) is 11.5 Å². The highest BCUT2D eigenvalue weighted by molar-refractivity contribution is 5.68. The zero-order valence-electron chi connectivity index (χ0n) is 16.7. The van der Waals surface area contributed by atoms with E-state index < -0.39 is 0 Å². The Labute approximate surface area is 166 Å². The van der Waals surface area contributed by atoms with Gasteiger partial charge < -0.3 is 20.1 Å². The molecule has 0 aliphatic rings. The van der Waals surface area contributed by atoms with Crippen molar-refractivity contribution in [1.82, 2.24) is 9.97 Å². The summed E-state index contributed by atoms with van der Waals surface area (Å²) in [4.78, 5) is 9.33. The lowest BCUT2D eigenvalue weighted by atomic mass is 10.1. The van der Waals surface area contributed by atoms with Crippen molar-refractivity contribution in [3.63, 3.8) is 0 Å². The first-order valence-corrected chi connectivity index (χ1v) is 9.32. The Kier molecular flexibility index (Phi) is 6.32. The average Bonchev–Trinajstić information content (AvgIpc) is 2.73. The van der Waals surface area contributed by atoms with E-state index in [1.165, 1.54) is 0 Å². The lowest BCUT2D eigenvalue weighted by molar-refractivity contribution is 0.395. The van der Waals surface area contributed by atoms with Crippen molar-refractivity contribution in [3.8, 4) is 22.8 Å². The molecule has 1 heterocycles. The Bertz CT molecular complexity index is 893. The first kappa shape index (κ1) is 19.5. The highest BCUT2D eigenvalue weighted by atomic mass is 16.5. The van der Waals surface area contributed by atoms with Crippen LogP contribution in [0, 0.1) is 0 Å². The molecule has 146 valence electrons. The third-order valence-electron chi connectivity index (χ3n) is 4.41. The van der Waals surface area contributed by atoms with Gasteiger partial charge >= 0.3 is 0 Å². The quantitative estimate of drug-likeness (QED) is 0.567. The zero-order valence-corrected chi connectivity index (χ0v) is 16.7. The molecule has 0 saturated carbocycles. The van der Waals surface area contributed by atoms with Crippen LogP contribution in [0.25, 0.3) is 11.3 Å². The van der Waals surface area contributed by atoms with Crippen LogP contribution in [0.2, 0.25) is 0 Å². The Hall–Kier alpha value is -3.28. The summed E-state index contributed by atoms with van der Waals surface area (Å²) in [6.45, 7) is 4.24. The molecule has 0 bridgehead atoms. The van der Waals surface area contributed by atoms with Gasteiger partial charge in [-0.05, 0) is 13.3 Å². The Morgan fingerprint density at radius 2 is 1.61 bits per heavy atom. The fourth-order valence-corrected chi connectivity index (χ4v) is 2.68. The summed E-state index contributed by atoms with van der Waals surface area (Å²) in [5, 5.41) is 6.71. The van der Waals surface area contributed by atoms with Crippen LogP contribution < -0.4 is 20.1 Å². The first-order chi connectivity index (χ1) is 13.6. The Balaban J connectivity index is 1.98. The molecule has 0 unspecified atom stereocenters. The molecule has 3 rings (SSSR count). The second-order valence-electron chi connectivity index (χ2n) is 6.51. The molecule has 0 saturated heterocycles. The van der Waals surface area contributed by atoms with Crippen molar-refractivity contribution in [1.29, 1.82) is 0 Å². The second kappa shape index (κ2) is 9.08. The SMILES string of the molecule is CC[C@H](C)Nc1nc(Nc2cc(OC)cc(OC)c2)cc(-c2ccccc2)n1. The van der Waals surface area contributed by atoms with Gasteiger partial charge in [0.15, 0.2) is 0 Å². The molecule has 6 heteroatoms. The minimum absolute atomic E-state index is 0.274. The minimum atomic E-state index is 0.274. The van der Waals surface area contributed by atoms with Crippen LogP contribution in [-0.4, -0.2) is 30.2 Å². The van der Waals surface area contributed by atoms with E-state index in [9.17, 15) is 0 Å². The summed E-state index contributed by atoms with van der Waals surface area (Å²) in [6, 6.07) is 17.9. The monoisotopic (exact) mass is 378 g/mol. The number of methoxy groups -OCH3 is 2. The maximum absolute atomic E-state index is 5.35. The molecule has 1 aromatic heterocycles. The van der Waals surface area contributed by atoms with Crippen LogP contribution >= 0.6 is 0 Å². The van der Waals surface area contributed by atoms with Crippen molar-refractivity contribution in [2.24, 2.45) is 0 Å². The zero-order chi connectivity index (χ0) is 19.9. The summed E-state index contributed by atoms with van der Waals surface area (Å²) < 4.78 is 10.7. The normalized spacial score (nSPS) is 11.6. The van der Waals surface area contributed by atoms with E-state index in [1.54, 1.807) is 14.2 Å². The van der Waals surface area contributed by atoms with Gasteiger partial charge in [0.2, 0.25) is 5.95 Å². The topological polar surface area (TPSA) is 68.3 Å². The van der Waals surface area contributed by atoms with E-state index in [0.29, 0.717) is 23.3 Å². The average molecular weight is 378 g/mol. The predicted molar refractivity (Wildman–Crippen MR) is 114 cm³/mol. The molecule has 0 fully saturated rings. The van der Waals surface area contributed by atoms with Crippen molar-refractivity contribution in [2.75, 3.05) is 24.9 Å². The predicted octanol–water partition coefficient (Wildman–Crippen LogP) is 5.11. The largest absolute Gasteiger partial charge is 0.497 e. The number of ether oxygens (including phenoxy) is 2. The van der Waals surface area contributed by atoms with Gasteiger partial charge in [-0.1, -0.05) is 37.3 Å². The van der Waals surface area contributed by atoms with E-state index in [1.807, 2.05) is 54.6 Å². The van der Waals surface area contributed by atoms with Gasteiger partial charge in [-0.25, -0.2) is 4.98 Å². The van der Waals surface area contributed by atoms with Crippen molar-refractivity contribution >= 4 is 17.5 Å². The van der Waals surface area contributed by atoms with E-state index in [4.69, 9.17) is 9.47 Å². The van der Waals surface area contributed by atoms with Crippen LogP contribution in [0.1, 0.15) is 20.3 Å². The number of nitrogens with zero attached hydrogens (tertiary/aromatic N) is 2. The number of rotatable bonds is 8. The third kappa shape index (κ3) is 4.91. The van der Waals surface area contributed by atoms with E-state index in [2.05, 4.69) is 34.4 Å². The van der Waals surface area contributed by atoms with E-state index >= 15 is 0 Å². The van der Waals surface area contributed by atoms with Gasteiger partial charge in [0.25, 0.3) is 0 Å². The first-order valence-electron chi connectivity index (χ1n) is 9.32. The van der Waals surface area contributed by atoms with E-state index in [0.717, 1.165) is 23.4 Å². The lowest BCUT2D eigenvalue weighted by Crippen LogP contribution is -2.16. The molecule has 0 aliphatic carbocycles. The molecule has 0 radical (unpaired) electrons. The molecule has 0 spiro atoms. The number of benzene rings is 2. The van der Waals surface area contributed by atoms with Crippen molar-refractivity contribution < 1.29 is 9.47 Å². The Morgan fingerprint density at radius 1 is 0.929 bits per heavy atom. The van der Waals surface area contributed by atoms with Crippen molar-refractivity contribution in [3.05, 3.63) is 54.6 Å². The number of anilines is 3.